The number of pyridine rings is 1. The van der Waals surface area contributed by atoms with Gasteiger partial charge < -0.3 is 10.2 Å². The molecule has 0 amide bonds. The topological polar surface area (TPSA) is 28.2 Å². The highest BCUT2D eigenvalue weighted by atomic mass is 15.2. The quantitative estimate of drug-likeness (QED) is 0.863. The van der Waals surface area contributed by atoms with Crippen LogP contribution in [-0.2, 0) is 0 Å². The van der Waals surface area contributed by atoms with Gasteiger partial charge in [-0.3, -0.25) is 0 Å². The van der Waals surface area contributed by atoms with E-state index in [2.05, 4.69) is 28.2 Å². The summed E-state index contributed by atoms with van der Waals surface area (Å²) in [5, 5.41) is 3.65. The molecule has 1 aromatic rings. The molecule has 1 aromatic heterocycles. The normalized spacial score (nSPS) is 21.6. The molecule has 3 nitrogen and oxygen atoms in total. The lowest BCUT2D eigenvalue weighted by Crippen LogP contribution is -2.23. The average Bonchev–Trinajstić information content (AvgIpc) is 3.06. The standard InChI is InChI=1S/C14H21N3/c1-11(12-6-7-12)16-13-5-4-8-15-14(13)17-9-2-3-10-17/h4-5,8,11-12,16H,2-3,6-7,9-10H2,1H3. The summed E-state index contributed by atoms with van der Waals surface area (Å²) in [4.78, 5) is 6.96. The smallest absolute Gasteiger partial charge is 0.151 e. The van der Waals surface area contributed by atoms with Crippen LogP contribution in [0.15, 0.2) is 18.3 Å². The van der Waals surface area contributed by atoms with Crippen LogP contribution in [0.3, 0.4) is 0 Å². The van der Waals surface area contributed by atoms with Crippen molar-refractivity contribution in [1.82, 2.24) is 4.98 Å². The second-order valence-corrected chi connectivity index (χ2v) is 5.34. The number of hydrogen-bond acceptors (Lipinski definition) is 3. The zero-order valence-corrected chi connectivity index (χ0v) is 10.5. The van der Waals surface area contributed by atoms with Crippen LogP contribution < -0.4 is 10.2 Å². The lowest BCUT2D eigenvalue weighted by Gasteiger charge is -2.22. The van der Waals surface area contributed by atoms with Gasteiger partial charge in [0.15, 0.2) is 5.82 Å². The van der Waals surface area contributed by atoms with E-state index in [0.29, 0.717) is 6.04 Å². The molecular formula is C14H21N3. The Bertz CT molecular complexity index is 381. The number of nitrogens with one attached hydrogen (secondary N) is 1. The molecule has 1 atom stereocenters. The Balaban J connectivity index is 1.77. The van der Waals surface area contributed by atoms with Crippen LogP contribution >= 0.6 is 0 Å². The first-order valence-corrected chi connectivity index (χ1v) is 6.81. The molecule has 2 fully saturated rings. The van der Waals surface area contributed by atoms with E-state index < -0.39 is 0 Å². The summed E-state index contributed by atoms with van der Waals surface area (Å²) < 4.78 is 0. The maximum atomic E-state index is 4.56. The van der Waals surface area contributed by atoms with E-state index in [4.69, 9.17) is 0 Å². The largest absolute Gasteiger partial charge is 0.379 e. The molecule has 0 radical (unpaired) electrons. The van der Waals surface area contributed by atoms with Crippen molar-refractivity contribution in [3.05, 3.63) is 18.3 Å². The van der Waals surface area contributed by atoms with Gasteiger partial charge in [0.2, 0.25) is 0 Å². The van der Waals surface area contributed by atoms with Crippen LogP contribution in [0.25, 0.3) is 0 Å². The van der Waals surface area contributed by atoms with Gasteiger partial charge in [0, 0.05) is 25.3 Å². The van der Waals surface area contributed by atoms with Gasteiger partial charge >= 0.3 is 0 Å². The van der Waals surface area contributed by atoms with Crippen molar-refractivity contribution in [2.24, 2.45) is 5.92 Å². The third-order valence-electron chi connectivity index (χ3n) is 3.90. The fraction of sp³-hybridized carbons (Fsp3) is 0.643. The predicted octanol–water partition coefficient (Wildman–Crippen LogP) is 2.89. The van der Waals surface area contributed by atoms with Crippen molar-refractivity contribution in [3.8, 4) is 0 Å². The summed E-state index contributed by atoms with van der Waals surface area (Å²) in [7, 11) is 0. The molecule has 1 N–H and O–H groups in total. The molecular weight excluding hydrogens is 210 g/mol. The molecule has 3 heteroatoms. The van der Waals surface area contributed by atoms with Gasteiger partial charge in [0.1, 0.15) is 0 Å². The molecule has 3 rings (SSSR count). The number of hydrogen-bond donors (Lipinski definition) is 1. The molecule has 1 aliphatic heterocycles. The summed E-state index contributed by atoms with van der Waals surface area (Å²) in [5.41, 5.74) is 1.22. The molecule has 2 aliphatic rings. The molecule has 0 bridgehead atoms. The number of nitrogens with zero attached hydrogens (tertiary/aromatic N) is 2. The average molecular weight is 231 g/mol. The Morgan fingerprint density at radius 2 is 2.12 bits per heavy atom. The van der Waals surface area contributed by atoms with Gasteiger partial charge in [0.25, 0.3) is 0 Å². The maximum Gasteiger partial charge on any atom is 0.151 e. The fourth-order valence-corrected chi connectivity index (χ4v) is 2.65. The Morgan fingerprint density at radius 3 is 2.82 bits per heavy atom. The van der Waals surface area contributed by atoms with Gasteiger partial charge in [-0.05, 0) is 50.7 Å². The highest BCUT2D eigenvalue weighted by Gasteiger charge is 2.28. The Labute approximate surface area is 103 Å². The van der Waals surface area contributed by atoms with Crippen molar-refractivity contribution in [2.45, 2.75) is 38.6 Å². The van der Waals surface area contributed by atoms with Crippen molar-refractivity contribution in [2.75, 3.05) is 23.3 Å². The van der Waals surface area contributed by atoms with E-state index in [1.54, 1.807) is 0 Å². The van der Waals surface area contributed by atoms with E-state index in [9.17, 15) is 0 Å². The molecule has 2 heterocycles. The predicted molar refractivity (Wildman–Crippen MR) is 71.5 cm³/mol. The van der Waals surface area contributed by atoms with Gasteiger partial charge in [-0.1, -0.05) is 0 Å². The highest BCUT2D eigenvalue weighted by Crippen LogP contribution is 2.35. The third-order valence-corrected chi connectivity index (χ3v) is 3.90. The summed E-state index contributed by atoms with van der Waals surface area (Å²) in [6.45, 7) is 4.60. The van der Waals surface area contributed by atoms with Crippen LogP contribution in [0.2, 0.25) is 0 Å². The lowest BCUT2D eigenvalue weighted by atomic mass is 10.2. The van der Waals surface area contributed by atoms with Crippen LogP contribution in [0, 0.1) is 5.92 Å². The van der Waals surface area contributed by atoms with Gasteiger partial charge in [-0.2, -0.15) is 0 Å². The third kappa shape index (κ3) is 2.38. The maximum absolute atomic E-state index is 4.56. The monoisotopic (exact) mass is 231 g/mol. The van der Waals surface area contributed by atoms with Crippen LogP contribution in [0.5, 0.6) is 0 Å². The first-order valence-electron chi connectivity index (χ1n) is 6.81. The minimum Gasteiger partial charge on any atom is -0.379 e. The van der Waals surface area contributed by atoms with Gasteiger partial charge in [0.05, 0.1) is 5.69 Å². The Morgan fingerprint density at radius 1 is 1.35 bits per heavy atom. The zero-order valence-electron chi connectivity index (χ0n) is 10.5. The molecule has 1 saturated carbocycles. The van der Waals surface area contributed by atoms with Crippen LogP contribution in [0.4, 0.5) is 11.5 Å². The molecule has 92 valence electrons. The summed E-state index contributed by atoms with van der Waals surface area (Å²) in [6, 6.07) is 4.78. The molecule has 1 aliphatic carbocycles. The van der Waals surface area contributed by atoms with Crippen molar-refractivity contribution >= 4 is 11.5 Å². The summed E-state index contributed by atoms with van der Waals surface area (Å²) in [6.07, 6.45) is 7.27. The number of anilines is 2. The highest BCUT2D eigenvalue weighted by molar-refractivity contribution is 5.66. The number of rotatable bonds is 4. The minimum atomic E-state index is 0.584. The van der Waals surface area contributed by atoms with Crippen LogP contribution in [-0.4, -0.2) is 24.1 Å². The summed E-state index contributed by atoms with van der Waals surface area (Å²) >= 11 is 0. The SMILES string of the molecule is CC(Nc1cccnc1N1CCCC1)C1CC1. The van der Waals surface area contributed by atoms with Gasteiger partial charge in [-0.15, -0.1) is 0 Å². The first-order chi connectivity index (χ1) is 8.34. The second kappa shape index (κ2) is 4.55. The summed E-state index contributed by atoms with van der Waals surface area (Å²) in [5.74, 6) is 2.03. The molecule has 0 spiro atoms. The molecule has 0 aromatic carbocycles. The minimum absolute atomic E-state index is 0.584. The molecule has 17 heavy (non-hydrogen) atoms. The fourth-order valence-electron chi connectivity index (χ4n) is 2.65. The van der Waals surface area contributed by atoms with E-state index in [-0.39, 0.29) is 0 Å². The lowest BCUT2D eigenvalue weighted by molar-refractivity contribution is 0.693. The van der Waals surface area contributed by atoms with Crippen molar-refractivity contribution in [3.63, 3.8) is 0 Å². The zero-order chi connectivity index (χ0) is 11.7. The van der Waals surface area contributed by atoms with E-state index in [0.717, 1.165) is 24.8 Å². The number of aromatic nitrogens is 1. The second-order valence-electron chi connectivity index (χ2n) is 5.34. The van der Waals surface area contributed by atoms with Gasteiger partial charge in [-0.25, -0.2) is 4.98 Å². The van der Waals surface area contributed by atoms with Crippen molar-refractivity contribution < 1.29 is 0 Å². The Hall–Kier alpha value is -1.25. The molecule has 1 saturated heterocycles. The Kier molecular flexibility index (Phi) is 2.91. The van der Waals surface area contributed by atoms with E-state index in [1.807, 2.05) is 12.3 Å². The van der Waals surface area contributed by atoms with E-state index >= 15 is 0 Å². The molecule has 1 unspecified atom stereocenters. The first kappa shape index (κ1) is 10.9. The van der Waals surface area contributed by atoms with Crippen LogP contribution in [0.1, 0.15) is 32.6 Å². The van der Waals surface area contributed by atoms with Crippen molar-refractivity contribution in [1.29, 1.82) is 0 Å². The van der Waals surface area contributed by atoms with E-state index in [1.165, 1.54) is 31.4 Å².